The summed E-state index contributed by atoms with van der Waals surface area (Å²) in [4.78, 5) is 17.9. The first-order valence-electron chi connectivity index (χ1n) is 5.84. The summed E-state index contributed by atoms with van der Waals surface area (Å²) in [5, 5.41) is 0. The molecule has 0 aliphatic carbocycles. The van der Waals surface area contributed by atoms with E-state index in [-0.39, 0.29) is 5.78 Å². The highest BCUT2D eigenvalue weighted by atomic mass is 16.1. The van der Waals surface area contributed by atoms with Crippen LogP contribution in [-0.2, 0) is 4.79 Å². The van der Waals surface area contributed by atoms with Gasteiger partial charge in [-0.25, -0.2) is 0 Å². The van der Waals surface area contributed by atoms with E-state index in [1.165, 1.54) is 5.57 Å². The molecule has 0 unspecified atom stereocenters. The number of hydrogen-bond acceptors (Lipinski definition) is 1. The maximum absolute atomic E-state index is 11.3. The molecule has 0 aromatic heterocycles. The normalized spacial score (nSPS) is 18.0. The monoisotopic (exact) mass is 236 g/mol. The maximum Gasteiger partial charge on any atom is 0.292 e. The van der Waals surface area contributed by atoms with Crippen LogP contribution in [0.15, 0.2) is 16.3 Å². The number of amidine groups is 2. The van der Waals surface area contributed by atoms with Gasteiger partial charge in [-0.1, -0.05) is 0 Å². The lowest BCUT2D eigenvalue weighted by Gasteiger charge is -2.16. The smallest absolute Gasteiger partial charge is 0.292 e. The number of allylic oxidation sites excluding steroid dienone is 1. The minimum Gasteiger partial charge on any atom is -0.306 e. The van der Waals surface area contributed by atoms with Gasteiger partial charge in [-0.2, -0.15) is 0 Å². The Bertz CT molecular complexity index is 426. The summed E-state index contributed by atoms with van der Waals surface area (Å²) in [6.45, 7) is 8.15. The van der Waals surface area contributed by atoms with Crippen molar-refractivity contribution in [2.45, 2.75) is 34.1 Å². The summed E-state index contributed by atoms with van der Waals surface area (Å²) in [5.74, 6) is 2.09. The molecule has 0 spiro atoms. The lowest BCUT2D eigenvalue weighted by Crippen LogP contribution is -2.30. The van der Waals surface area contributed by atoms with E-state index in [1.54, 1.807) is 6.92 Å². The molecule has 17 heavy (non-hydrogen) atoms. The molecular formula is C13H22N3O+. The summed E-state index contributed by atoms with van der Waals surface area (Å²) in [6.07, 6.45) is 0.838. The Balaban J connectivity index is 3.03. The topological polar surface area (TPSA) is 35.7 Å². The van der Waals surface area contributed by atoms with E-state index in [0.717, 1.165) is 23.8 Å². The van der Waals surface area contributed by atoms with Gasteiger partial charge in [0.25, 0.3) is 5.84 Å². The van der Waals surface area contributed by atoms with Gasteiger partial charge < -0.3 is 4.90 Å². The largest absolute Gasteiger partial charge is 0.306 e. The van der Waals surface area contributed by atoms with E-state index < -0.39 is 0 Å². The molecule has 0 saturated carbocycles. The van der Waals surface area contributed by atoms with Crippen molar-refractivity contribution in [3.05, 3.63) is 11.3 Å². The number of ketones is 1. The average molecular weight is 236 g/mol. The summed E-state index contributed by atoms with van der Waals surface area (Å²) >= 11 is 0. The van der Waals surface area contributed by atoms with Gasteiger partial charge in [0.2, 0.25) is 5.84 Å². The second-order valence-electron chi connectivity index (χ2n) is 4.80. The minimum absolute atomic E-state index is 0.161. The SMILES string of the molecule is CC(=O)CN1C(=NC(C)=[N+](C)C)CC(C)=C1C. The van der Waals surface area contributed by atoms with Crippen LogP contribution in [0.25, 0.3) is 0 Å². The van der Waals surface area contributed by atoms with Crippen molar-refractivity contribution < 1.29 is 9.37 Å². The molecular weight excluding hydrogens is 214 g/mol. The van der Waals surface area contributed by atoms with E-state index in [9.17, 15) is 4.79 Å². The Morgan fingerprint density at radius 2 is 1.94 bits per heavy atom. The molecule has 0 radical (unpaired) electrons. The number of carbonyl (C=O) groups excluding carboxylic acids is 1. The zero-order chi connectivity index (χ0) is 13.2. The van der Waals surface area contributed by atoms with Crippen LogP contribution in [0.3, 0.4) is 0 Å². The maximum atomic E-state index is 11.3. The van der Waals surface area contributed by atoms with Crippen molar-refractivity contribution in [1.82, 2.24) is 4.90 Å². The fourth-order valence-electron chi connectivity index (χ4n) is 1.70. The highest BCUT2D eigenvalue weighted by Crippen LogP contribution is 2.24. The fraction of sp³-hybridized carbons (Fsp3) is 0.615. The third kappa shape index (κ3) is 3.25. The molecule has 0 aromatic rings. The highest BCUT2D eigenvalue weighted by Gasteiger charge is 2.28. The van der Waals surface area contributed by atoms with E-state index in [1.807, 2.05) is 37.4 Å². The van der Waals surface area contributed by atoms with Crippen LogP contribution >= 0.6 is 0 Å². The molecule has 0 N–H and O–H groups in total. The average Bonchev–Trinajstić information content (AvgIpc) is 2.45. The molecule has 4 heteroatoms. The molecule has 1 aliphatic heterocycles. The van der Waals surface area contributed by atoms with E-state index in [4.69, 9.17) is 0 Å². The van der Waals surface area contributed by atoms with Crippen molar-refractivity contribution in [2.24, 2.45) is 4.99 Å². The number of aliphatic imine (C=N–C) groups is 1. The van der Waals surface area contributed by atoms with Crippen LogP contribution < -0.4 is 0 Å². The predicted molar refractivity (Wildman–Crippen MR) is 70.6 cm³/mol. The van der Waals surface area contributed by atoms with Crippen LogP contribution in [-0.4, -0.2) is 47.6 Å². The molecule has 1 aliphatic rings. The van der Waals surface area contributed by atoms with Crippen LogP contribution in [0.4, 0.5) is 0 Å². The van der Waals surface area contributed by atoms with Crippen molar-refractivity contribution in [2.75, 3.05) is 20.6 Å². The van der Waals surface area contributed by atoms with Gasteiger partial charge in [0.15, 0.2) is 0 Å². The third-order valence-electron chi connectivity index (χ3n) is 3.08. The number of nitrogens with zero attached hydrogens (tertiary/aromatic N) is 3. The summed E-state index contributed by atoms with van der Waals surface area (Å²) in [5.41, 5.74) is 2.45. The first-order chi connectivity index (χ1) is 7.82. The molecule has 0 atom stereocenters. The molecule has 1 rings (SSSR count). The number of rotatable bonds is 2. The van der Waals surface area contributed by atoms with Gasteiger partial charge in [0.1, 0.15) is 5.78 Å². The lowest BCUT2D eigenvalue weighted by atomic mass is 10.2. The number of Topliss-reactive ketones (excluding diaryl/α,β-unsaturated/α-hetero) is 1. The van der Waals surface area contributed by atoms with Gasteiger partial charge in [0.05, 0.1) is 27.1 Å². The Morgan fingerprint density at radius 1 is 1.35 bits per heavy atom. The zero-order valence-electron chi connectivity index (χ0n) is 11.7. The van der Waals surface area contributed by atoms with Gasteiger partial charge in [-0.3, -0.25) is 9.37 Å². The van der Waals surface area contributed by atoms with Crippen LogP contribution in [0.2, 0.25) is 0 Å². The second kappa shape index (κ2) is 5.25. The molecule has 0 aromatic carbocycles. The summed E-state index contributed by atoms with van der Waals surface area (Å²) < 4.78 is 1.97. The molecule has 0 fully saturated rings. The Kier molecular flexibility index (Phi) is 4.21. The van der Waals surface area contributed by atoms with E-state index in [0.29, 0.717) is 6.54 Å². The molecule has 1 heterocycles. The van der Waals surface area contributed by atoms with Crippen molar-refractivity contribution in [3.63, 3.8) is 0 Å². The number of hydrogen-bond donors (Lipinski definition) is 0. The molecule has 0 amide bonds. The first kappa shape index (κ1) is 13.6. The van der Waals surface area contributed by atoms with Gasteiger partial charge in [0, 0.05) is 12.6 Å². The van der Waals surface area contributed by atoms with Crippen LogP contribution in [0, 0.1) is 0 Å². The zero-order valence-corrected chi connectivity index (χ0v) is 11.7. The Labute approximate surface area is 103 Å². The molecule has 4 nitrogen and oxygen atoms in total. The quantitative estimate of drug-likeness (QED) is 0.415. The van der Waals surface area contributed by atoms with E-state index >= 15 is 0 Å². The second-order valence-corrected chi connectivity index (χ2v) is 4.80. The summed E-state index contributed by atoms with van der Waals surface area (Å²) in [7, 11) is 3.94. The Hall–Kier alpha value is -1.45. The van der Waals surface area contributed by atoms with E-state index in [2.05, 4.69) is 11.9 Å². The highest BCUT2D eigenvalue weighted by molar-refractivity contribution is 5.99. The van der Waals surface area contributed by atoms with Crippen molar-refractivity contribution in [3.8, 4) is 0 Å². The molecule has 94 valence electrons. The minimum atomic E-state index is 0.161. The molecule has 0 saturated heterocycles. The first-order valence-corrected chi connectivity index (χ1v) is 5.84. The summed E-state index contributed by atoms with van der Waals surface area (Å²) in [6, 6.07) is 0. The Morgan fingerprint density at radius 3 is 2.41 bits per heavy atom. The van der Waals surface area contributed by atoms with Gasteiger partial charge in [-0.15, -0.1) is 0 Å². The van der Waals surface area contributed by atoms with Gasteiger partial charge >= 0.3 is 0 Å². The lowest BCUT2D eigenvalue weighted by molar-refractivity contribution is -0.465. The molecule has 0 bridgehead atoms. The van der Waals surface area contributed by atoms with Crippen molar-refractivity contribution in [1.29, 1.82) is 0 Å². The van der Waals surface area contributed by atoms with Crippen LogP contribution in [0.5, 0.6) is 0 Å². The predicted octanol–water partition coefficient (Wildman–Crippen LogP) is 1.66. The standard InChI is InChI=1S/C13H22N3O/c1-9-7-13(14-12(4)15(5)6)16(11(9)3)8-10(2)17/h7-8H2,1-6H3/q+1. The van der Waals surface area contributed by atoms with Gasteiger partial charge in [-0.05, 0) is 31.3 Å². The third-order valence-corrected chi connectivity index (χ3v) is 3.08. The van der Waals surface area contributed by atoms with Crippen molar-refractivity contribution >= 4 is 17.5 Å². The number of carbonyl (C=O) groups is 1. The van der Waals surface area contributed by atoms with Crippen LogP contribution in [0.1, 0.15) is 34.1 Å². The fourth-order valence-corrected chi connectivity index (χ4v) is 1.70.